The van der Waals surface area contributed by atoms with Crippen molar-refractivity contribution in [3.63, 3.8) is 0 Å². The third-order valence-corrected chi connectivity index (χ3v) is 3.68. The molecule has 0 bridgehead atoms. The highest BCUT2D eigenvalue weighted by molar-refractivity contribution is 6.30. The first-order valence-corrected chi connectivity index (χ1v) is 7.28. The number of rotatable bonds is 4. The van der Waals surface area contributed by atoms with Crippen LogP contribution in [0.25, 0.3) is 11.1 Å². The van der Waals surface area contributed by atoms with Crippen LogP contribution in [-0.2, 0) is 0 Å². The fraction of sp³-hybridized carbons (Fsp3) is 0.118. The smallest absolute Gasteiger partial charge is 0.0565 e. The van der Waals surface area contributed by atoms with Crippen molar-refractivity contribution in [1.82, 2.24) is 10.2 Å². The van der Waals surface area contributed by atoms with Crippen molar-refractivity contribution in [2.75, 3.05) is 11.4 Å². The Bertz CT molecular complexity index is 705. The van der Waals surface area contributed by atoms with E-state index in [1.165, 1.54) is 0 Å². The summed E-state index contributed by atoms with van der Waals surface area (Å²) in [7, 11) is 0. The number of halogens is 1. The van der Waals surface area contributed by atoms with Crippen LogP contribution in [0.1, 0.15) is 6.92 Å². The second kappa shape index (κ2) is 6.02. The number of nitrogens with one attached hydrogen (secondary N) is 1. The molecule has 0 amide bonds. The molecule has 3 nitrogen and oxygen atoms in total. The monoisotopic (exact) mass is 297 g/mol. The SMILES string of the molecule is CCN(c1ccc(-c2cn[nH]c2)cc1)c1cccc(Cl)c1. The van der Waals surface area contributed by atoms with Gasteiger partial charge in [-0.05, 0) is 42.8 Å². The molecule has 2 aromatic carbocycles. The summed E-state index contributed by atoms with van der Waals surface area (Å²) in [6, 6.07) is 16.4. The predicted molar refractivity (Wildman–Crippen MR) is 88.2 cm³/mol. The maximum absolute atomic E-state index is 6.09. The Morgan fingerprint density at radius 1 is 1.05 bits per heavy atom. The molecule has 0 aliphatic carbocycles. The van der Waals surface area contributed by atoms with E-state index in [4.69, 9.17) is 11.6 Å². The van der Waals surface area contributed by atoms with Gasteiger partial charge in [0.25, 0.3) is 0 Å². The van der Waals surface area contributed by atoms with Crippen molar-refractivity contribution in [2.24, 2.45) is 0 Å². The first-order chi connectivity index (χ1) is 10.3. The Kier molecular flexibility index (Phi) is 3.93. The van der Waals surface area contributed by atoms with Crippen LogP contribution in [0, 0.1) is 0 Å². The summed E-state index contributed by atoms with van der Waals surface area (Å²) >= 11 is 6.09. The van der Waals surface area contributed by atoms with Crippen LogP contribution in [0.2, 0.25) is 5.02 Å². The minimum absolute atomic E-state index is 0.751. The quantitative estimate of drug-likeness (QED) is 0.743. The third kappa shape index (κ3) is 2.93. The van der Waals surface area contributed by atoms with Gasteiger partial charge in [-0.25, -0.2) is 0 Å². The molecule has 0 unspecified atom stereocenters. The molecule has 106 valence electrons. The summed E-state index contributed by atoms with van der Waals surface area (Å²) in [5.41, 5.74) is 4.48. The normalized spacial score (nSPS) is 10.6. The first-order valence-electron chi connectivity index (χ1n) is 6.90. The van der Waals surface area contributed by atoms with Crippen molar-refractivity contribution in [3.8, 4) is 11.1 Å². The van der Waals surface area contributed by atoms with Gasteiger partial charge >= 0.3 is 0 Å². The number of benzene rings is 2. The number of nitrogens with zero attached hydrogens (tertiary/aromatic N) is 2. The molecule has 21 heavy (non-hydrogen) atoms. The van der Waals surface area contributed by atoms with Gasteiger partial charge in [-0.15, -0.1) is 0 Å². The minimum Gasteiger partial charge on any atom is -0.342 e. The van der Waals surface area contributed by atoms with E-state index in [-0.39, 0.29) is 0 Å². The Morgan fingerprint density at radius 3 is 2.48 bits per heavy atom. The average Bonchev–Trinajstić information content (AvgIpc) is 3.03. The van der Waals surface area contributed by atoms with Gasteiger partial charge in [0.2, 0.25) is 0 Å². The third-order valence-electron chi connectivity index (χ3n) is 3.45. The van der Waals surface area contributed by atoms with Crippen LogP contribution in [0.5, 0.6) is 0 Å². The number of hydrogen-bond donors (Lipinski definition) is 1. The lowest BCUT2D eigenvalue weighted by molar-refractivity contribution is 1.02. The summed E-state index contributed by atoms with van der Waals surface area (Å²) in [6.07, 6.45) is 3.72. The van der Waals surface area contributed by atoms with Crippen molar-refractivity contribution in [2.45, 2.75) is 6.92 Å². The summed E-state index contributed by atoms with van der Waals surface area (Å²) in [5.74, 6) is 0. The molecular formula is C17H16ClN3. The van der Waals surface area contributed by atoms with Crippen molar-refractivity contribution in [3.05, 3.63) is 65.9 Å². The van der Waals surface area contributed by atoms with E-state index in [1.54, 1.807) is 0 Å². The van der Waals surface area contributed by atoms with Gasteiger partial charge in [-0.3, -0.25) is 5.10 Å². The van der Waals surface area contributed by atoms with E-state index in [0.29, 0.717) is 0 Å². The molecule has 0 atom stereocenters. The molecule has 0 aliphatic heterocycles. The topological polar surface area (TPSA) is 31.9 Å². The van der Waals surface area contributed by atoms with Crippen molar-refractivity contribution < 1.29 is 0 Å². The molecule has 0 radical (unpaired) electrons. The van der Waals surface area contributed by atoms with Crippen LogP contribution in [-0.4, -0.2) is 16.7 Å². The summed E-state index contributed by atoms with van der Waals surface area (Å²) in [4.78, 5) is 2.23. The van der Waals surface area contributed by atoms with Gasteiger partial charge in [0.1, 0.15) is 0 Å². The molecule has 1 N–H and O–H groups in total. The zero-order chi connectivity index (χ0) is 14.7. The van der Waals surface area contributed by atoms with Crippen LogP contribution < -0.4 is 4.90 Å². The average molecular weight is 298 g/mol. The Balaban J connectivity index is 1.91. The molecule has 0 aliphatic rings. The highest BCUT2D eigenvalue weighted by Gasteiger charge is 2.08. The number of H-pyrrole nitrogens is 1. The Morgan fingerprint density at radius 2 is 1.86 bits per heavy atom. The lowest BCUT2D eigenvalue weighted by Crippen LogP contribution is -2.15. The second-order valence-corrected chi connectivity index (χ2v) is 5.19. The van der Waals surface area contributed by atoms with Gasteiger partial charge in [0, 0.05) is 34.7 Å². The van der Waals surface area contributed by atoms with E-state index in [0.717, 1.165) is 34.1 Å². The van der Waals surface area contributed by atoms with E-state index in [1.807, 2.05) is 30.6 Å². The highest BCUT2D eigenvalue weighted by atomic mass is 35.5. The van der Waals surface area contributed by atoms with E-state index >= 15 is 0 Å². The molecule has 4 heteroatoms. The Hall–Kier alpha value is -2.26. The largest absolute Gasteiger partial charge is 0.342 e. The number of aromatic amines is 1. The maximum atomic E-state index is 6.09. The number of hydrogen-bond acceptors (Lipinski definition) is 2. The molecule has 0 spiro atoms. The molecule has 0 fully saturated rings. The zero-order valence-electron chi connectivity index (χ0n) is 11.8. The zero-order valence-corrected chi connectivity index (χ0v) is 12.5. The van der Waals surface area contributed by atoms with Gasteiger partial charge in [0.15, 0.2) is 0 Å². The summed E-state index contributed by atoms with van der Waals surface area (Å²) < 4.78 is 0. The van der Waals surface area contributed by atoms with E-state index in [9.17, 15) is 0 Å². The number of aromatic nitrogens is 2. The Labute approximate surface area is 129 Å². The van der Waals surface area contributed by atoms with E-state index in [2.05, 4.69) is 52.4 Å². The minimum atomic E-state index is 0.751. The van der Waals surface area contributed by atoms with Gasteiger partial charge in [0.05, 0.1) is 6.20 Å². The van der Waals surface area contributed by atoms with Crippen LogP contribution in [0.15, 0.2) is 60.9 Å². The standard InChI is InChI=1S/C17H16ClN3/c1-2-21(17-5-3-4-15(18)10-17)16-8-6-13(7-9-16)14-11-19-20-12-14/h3-12H,2H2,1H3,(H,19,20). The molecule has 0 saturated heterocycles. The van der Waals surface area contributed by atoms with Crippen LogP contribution in [0.4, 0.5) is 11.4 Å². The summed E-state index contributed by atoms with van der Waals surface area (Å²) in [5, 5.41) is 7.56. The lowest BCUT2D eigenvalue weighted by atomic mass is 10.1. The van der Waals surface area contributed by atoms with Crippen molar-refractivity contribution >= 4 is 23.0 Å². The molecular weight excluding hydrogens is 282 g/mol. The number of anilines is 2. The van der Waals surface area contributed by atoms with Crippen LogP contribution in [0.3, 0.4) is 0 Å². The van der Waals surface area contributed by atoms with Crippen LogP contribution >= 0.6 is 11.6 Å². The highest BCUT2D eigenvalue weighted by Crippen LogP contribution is 2.29. The summed E-state index contributed by atoms with van der Waals surface area (Å²) in [6.45, 7) is 3.01. The lowest BCUT2D eigenvalue weighted by Gasteiger charge is -2.23. The fourth-order valence-electron chi connectivity index (χ4n) is 2.40. The first kappa shape index (κ1) is 13.7. The molecule has 3 aromatic rings. The molecule has 1 heterocycles. The molecule has 3 rings (SSSR count). The predicted octanol–water partition coefficient (Wildman–Crippen LogP) is 4.89. The van der Waals surface area contributed by atoms with Crippen molar-refractivity contribution in [1.29, 1.82) is 0 Å². The van der Waals surface area contributed by atoms with Gasteiger partial charge in [-0.1, -0.05) is 29.8 Å². The maximum Gasteiger partial charge on any atom is 0.0565 e. The van der Waals surface area contributed by atoms with E-state index < -0.39 is 0 Å². The molecule has 0 saturated carbocycles. The van der Waals surface area contributed by atoms with Gasteiger partial charge < -0.3 is 4.90 Å². The fourth-order valence-corrected chi connectivity index (χ4v) is 2.59. The van der Waals surface area contributed by atoms with Gasteiger partial charge in [-0.2, -0.15) is 5.10 Å². The molecule has 1 aromatic heterocycles. The second-order valence-electron chi connectivity index (χ2n) is 4.76.